The molecule has 0 radical (unpaired) electrons. The molecule has 1 aromatic carbocycles. The fourth-order valence-electron chi connectivity index (χ4n) is 2.82. The SMILES string of the molecule is ONCNc1ccc(N2CCC3(CC2)OCCO3)cc1. The van der Waals surface area contributed by atoms with Gasteiger partial charge in [0.2, 0.25) is 0 Å². The Balaban J connectivity index is 1.57. The average Bonchev–Trinajstić information content (AvgIpc) is 2.95. The standard InChI is InChI=1S/C14H21N3O3/c18-16-11-15-12-1-3-13(4-2-12)17-7-5-14(6-8-17)19-9-10-20-14/h1-4,15-16,18H,5-11H2. The molecule has 1 aromatic rings. The maximum Gasteiger partial charge on any atom is 0.171 e. The molecular weight excluding hydrogens is 258 g/mol. The largest absolute Gasteiger partial charge is 0.371 e. The summed E-state index contributed by atoms with van der Waals surface area (Å²) in [5.74, 6) is -0.315. The van der Waals surface area contributed by atoms with Crippen LogP contribution in [0.3, 0.4) is 0 Å². The van der Waals surface area contributed by atoms with Crippen molar-refractivity contribution in [2.75, 3.05) is 43.2 Å². The Morgan fingerprint density at radius 2 is 1.75 bits per heavy atom. The first-order chi connectivity index (χ1) is 9.81. The zero-order chi connectivity index (χ0) is 13.8. The minimum Gasteiger partial charge on any atom is -0.371 e. The first-order valence-electron chi connectivity index (χ1n) is 7.05. The molecule has 0 aliphatic carbocycles. The van der Waals surface area contributed by atoms with Gasteiger partial charge in [0, 0.05) is 37.3 Å². The van der Waals surface area contributed by atoms with Crippen LogP contribution in [0.25, 0.3) is 0 Å². The topological polar surface area (TPSA) is 66.0 Å². The summed E-state index contributed by atoms with van der Waals surface area (Å²) in [4.78, 5) is 2.35. The summed E-state index contributed by atoms with van der Waals surface area (Å²) in [6, 6.07) is 8.21. The van der Waals surface area contributed by atoms with Gasteiger partial charge in [0.05, 0.1) is 19.9 Å². The summed E-state index contributed by atoms with van der Waals surface area (Å²) in [7, 11) is 0. The molecule has 2 aliphatic rings. The lowest BCUT2D eigenvalue weighted by Gasteiger charge is -2.38. The second kappa shape index (κ2) is 5.97. The fourth-order valence-corrected chi connectivity index (χ4v) is 2.82. The lowest BCUT2D eigenvalue weighted by atomic mass is 10.0. The van der Waals surface area contributed by atoms with E-state index in [1.807, 2.05) is 12.1 Å². The van der Waals surface area contributed by atoms with Gasteiger partial charge >= 0.3 is 0 Å². The van der Waals surface area contributed by atoms with Gasteiger partial charge < -0.3 is 24.9 Å². The molecular formula is C14H21N3O3. The quantitative estimate of drug-likeness (QED) is 0.571. The van der Waals surface area contributed by atoms with Crippen LogP contribution in [-0.4, -0.2) is 44.0 Å². The number of ether oxygens (including phenoxy) is 2. The number of hydrogen-bond donors (Lipinski definition) is 3. The average molecular weight is 279 g/mol. The van der Waals surface area contributed by atoms with Crippen molar-refractivity contribution in [2.24, 2.45) is 0 Å². The first-order valence-corrected chi connectivity index (χ1v) is 7.05. The van der Waals surface area contributed by atoms with Crippen molar-refractivity contribution in [1.82, 2.24) is 5.48 Å². The summed E-state index contributed by atoms with van der Waals surface area (Å²) in [5, 5.41) is 11.6. The Labute approximate surface area is 118 Å². The van der Waals surface area contributed by atoms with Gasteiger partial charge in [-0.05, 0) is 24.3 Å². The Kier molecular flexibility index (Phi) is 4.07. The predicted octanol–water partition coefficient (Wildman–Crippen LogP) is 1.38. The maximum absolute atomic E-state index is 8.54. The van der Waals surface area contributed by atoms with Crippen molar-refractivity contribution in [2.45, 2.75) is 18.6 Å². The van der Waals surface area contributed by atoms with Crippen LogP contribution in [0.5, 0.6) is 0 Å². The third kappa shape index (κ3) is 2.88. The van der Waals surface area contributed by atoms with E-state index in [0.29, 0.717) is 6.67 Å². The van der Waals surface area contributed by atoms with Crippen LogP contribution in [0.1, 0.15) is 12.8 Å². The minimum atomic E-state index is -0.315. The van der Waals surface area contributed by atoms with Crippen LogP contribution < -0.4 is 15.7 Å². The van der Waals surface area contributed by atoms with Crippen LogP contribution in [0.4, 0.5) is 11.4 Å². The van der Waals surface area contributed by atoms with E-state index >= 15 is 0 Å². The Morgan fingerprint density at radius 1 is 1.10 bits per heavy atom. The molecule has 0 aromatic heterocycles. The van der Waals surface area contributed by atoms with Crippen molar-refractivity contribution >= 4 is 11.4 Å². The molecule has 2 heterocycles. The first kappa shape index (κ1) is 13.6. The number of nitrogens with one attached hydrogen (secondary N) is 2. The van der Waals surface area contributed by atoms with E-state index in [2.05, 4.69) is 27.8 Å². The number of benzene rings is 1. The molecule has 2 fully saturated rings. The lowest BCUT2D eigenvalue weighted by molar-refractivity contribution is -0.169. The zero-order valence-corrected chi connectivity index (χ0v) is 11.5. The fraction of sp³-hybridized carbons (Fsp3) is 0.571. The number of nitrogens with zero attached hydrogens (tertiary/aromatic N) is 1. The lowest BCUT2D eigenvalue weighted by Crippen LogP contribution is -2.45. The van der Waals surface area contributed by atoms with Gasteiger partial charge in [0.15, 0.2) is 5.79 Å². The Bertz CT molecular complexity index is 422. The highest BCUT2D eigenvalue weighted by molar-refractivity contribution is 5.55. The molecule has 0 amide bonds. The normalized spacial score (nSPS) is 21.4. The van der Waals surface area contributed by atoms with Gasteiger partial charge in [-0.3, -0.25) is 0 Å². The van der Waals surface area contributed by atoms with Crippen molar-refractivity contribution in [3.8, 4) is 0 Å². The molecule has 20 heavy (non-hydrogen) atoms. The van der Waals surface area contributed by atoms with Gasteiger partial charge in [-0.2, -0.15) is 5.48 Å². The van der Waals surface area contributed by atoms with Crippen molar-refractivity contribution in [3.63, 3.8) is 0 Å². The smallest absolute Gasteiger partial charge is 0.171 e. The minimum absolute atomic E-state index is 0.315. The van der Waals surface area contributed by atoms with Gasteiger partial charge in [-0.15, -0.1) is 0 Å². The third-order valence-electron chi connectivity index (χ3n) is 3.94. The van der Waals surface area contributed by atoms with Crippen molar-refractivity contribution in [3.05, 3.63) is 24.3 Å². The molecule has 0 unspecified atom stereocenters. The maximum atomic E-state index is 8.54. The van der Waals surface area contributed by atoms with Gasteiger partial charge in [0.25, 0.3) is 0 Å². The molecule has 6 nitrogen and oxygen atoms in total. The van der Waals surface area contributed by atoms with Crippen LogP contribution in [0.2, 0.25) is 0 Å². The summed E-state index contributed by atoms with van der Waals surface area (Å²) in [6.45, 7) is 3.68. The third-order valence-corrected chi connectivity index (χ3v) is 3.94. The van der Waals surface area contributed by atoms with Crippen LogP contribution >= 0.6 is 0 Å². The summed E-state index contributed by atoms with van der Waals surface area (Å²) < 4.78 is 11.5. The number of hydroxylamine groups is 1. The predicted molar refractivity (Wildman–Crippen MR) is 75.9 cm³/mol. The van der Waals surface area contributed by atoms with Gasteiger partial charge in [-0.1, -0.05) is 0 Å². The van der Waals surface area contributed by atoms with E-state index in [-0.39, 0.29) is 5.79 Å². The highest BCUT2D eigenvalue weighted by Gasteiger charge is 2.39. The van der Waals surface area contributed by atoms with E-state index in [0.717, 1.165) is 44.8 Å². The highest BCUT2D eigenvalue weighted by Crippen LogP contribution is 2.33. The molecule has 110 valence electrons. The number of piperidine rings is 1. The van der Waals surface area contributed by atoms with Gasteiger partial charge in [-0.25, -0.2) is 0 Å². The van der Waals surface area contributed by atoms with Gasteiger partial charge in [0.1, 0.15) is 0 Å². The highest BCUT2D eigenvalue weighted by atomic mass is 16.7. The van der Waals surface area contributed by atoms with Crippen molar-refractivity contribution < 1.29 is 14.7 Å². The molecule has 0 atom stereocenters. The van der Waals surface area contributed by atoms with Crippen LogP contribution in [0, 0.1) is 0 Å². The summed E-state index contributed by atoms with van der Waals surface area (Å²) in [5.41, 5.74) is 4.26. The van der Waals surface area contributed by atoms with E-state index < -0.39 is 0 Å². The monoisotopic (exact) mass is 279 g/mol. The molecule has 2 saturated heterocycles. The number of hydrogen-bond acceptors (Lipinski definition) is 6. The molecule has 6 heteroatoms. The molecule has 1 spiro atoms. The molecule has 0 bridgehead atoms. The molecule has 3 N–H and O–H groups in total. The second-order valence-electron chi connectivity index (χ2n) is 5.15. The number of rotatable bonds is 4. The van der Waals surface area contributed by atoms with E-state index in [1.165, 1.54) is 5.69 Å². The van der Waals surface area contributed by atoms with E-state index in [1.54, 1.807) is 0 Å². The zero-order valence-electron chi connectivity index (χ0n) is 11.5. The molecule has 0 saturated carbocycles. The van der Waals surface area contributed by atoms with E-state index in [4.69, 9.17) is 14.7 Å². The molecule has 3 rings (SSSR count). The van der Waals surface area contributed by atoms with E-state index in [9.17, 15) is 0 Å². The molecule has 2 aliphatic heterocycles. The van der Waals surface area contributed by atoms with Crippen LogP contribution in [0.15, 0.2) is 24.3 Å². The van der Waals surface area contributed by atoms with Crippen molar-refractivity contribution in [1.29, 1.82) is 0 Å². The number of anilines is 2. The Morgan fingerprint density at radius 3 is 2.35 bits per heavy atom. The summed E-state index contributed by atoms with van der Waals surface area (Å²) in [6.07, 6.45) is 1.84. The van der Waals surface area contributed by atoms with Crippen LogP contribution in [-0.2, 0) is 9.47 Å². The Hall–Kier alpha value is -1.34. The summed E-state index contributed by atoms with van der Waals surface area (Å²) >= 11 is 0. The second-order valence-corrected chi connectivity index (χ2v) is 5.15.